The van der Waals surface area contributed by atoms with Gasteiger partial charge in [-0.2, -0.15) is 0 Å². The average molecular weight is 418 g/mol. The fourth-order valence-corrected chi connectivity index (χ4v) is 5.79. The summed E-state index contributed by atoms with van der Waals surface area (Å²) in [7, 11) is 1.89. The van der Waals surface area contributed by atoms with E-state index in [0.717, 1.165) is 30.0 Å². The number of rotatable bonds is 7. The number of aliphatic hydroxyl groups excluding tert-OH is 1. The van der Waals surface area contributed by atoms with E-state index in [9.17, 15) is 19.8 Å². The molecule has 7 nitrogen and oxygen atoms in total. The molecule has 4 N–H and O–H groups in total. The van der Waals surface area contributed by atoms with Gasteiger partial charge in [-0.3, -0.25) is 4.79 Å². The molecule has 0 radical (unpaired) electrons. The first-order valence-corrected chi connectivity index (χ1v) is 9.86. The van der Waals surface area contributed by atoms with Gasteiger partial charge in [0.05, 0.1) is 18.1 Å². The molecule has 0 aromatic rings. The number of halogens is 1. The van der Waals surface area contributed by atoms with E-state index in [-0.39, 0.29) is 47.3 Å². The molecule has 0 unspecified atom stereocenters. The standard InChI is InChI=1S/C18H27N3O4S.ClH/c1-8(6-19-4)12-5-11(7-20-12)26-16-9(2)14-13(10(3)22)17(23)21(14)15(16)18(24)25;/h9-14,19-20,22H,1,5-7H2,2-4H3,(H,24,25);1H/t9-,10-,11+,12+,13-,14-;/m1./s1. The number of thioether (sulfide) groups is 1. The number of carbonyl (C=O) groups excluding carboxylic acids is 1. The first kappa shape index (κ1) is 22.2. The van der Waals surface area contributed by atoms with Gasteiger partial charge in [-0.1, -0.05) is 13.5 Å². The van der Waals surface area contributed by atoms with Crippen molar-refractivity contribution in [3.63, 3.8) is 0 Å². The molecule has 0 aromatic carbocycles. The highest BCUT2D eigenvalue weighted by molar-refractivity contribution is 8.03. The molecule has 3 rings (SSSR count). The van der Waals surface area contributed by atoms with Crippen LogP contribution in [-0.4, -0.2) is 70.6 Å². The molecule has 1 amide bonds. The molecule has 27 heavy (non-hydrogen) atoms. The Hall–Kier alpha value is -1.06. The number of β-lactam (4-membered cyclic amide) rings is 1. The Bertz CT molecular complexity index is 669. The van der Waals surface area contributed by atoms with Crippen LogP contribution in [0.2, 0.25) is 0 Å². The minimum absolute atomic E-state index is 0. The van der Waals surface area contributed by atoms with E-state index >= 15 is 0 Å². The Balaban J connectivity index is 0.00000261. The Morgan fingerprint density at radius 3 is 2.74 bits per heavy atom. The van der Waals surface area contributed by atoms with E-state index < -0.39 is 18.0 Å². The van der Waals surface area contributed by atoms with Crippen LogP contribution in [0.1, 0.15) is 20.3 Å². The predicted molar refractivity (Wildman–Crippen MR) is 108 cm³/mol. The maximum atomic E-state index is 12.4. The van der Waals surface area contributed by atoms with E-state index in [1.807, 2.05) is 14.0 Å². The van der Waals surface area contributed by atoms with Crippen molar-refractivity contribution in [3.8, 4) is 0 Å². The maximum Gasteiger partial charge on any atom is 0.353 e. The van der Waals surface area contributed by atoms with Gasteiger partial charge in [0.1, 0.15) is 5.70 Å². The number of amides is 1. The summed E-state index contributed by atoms with van der Waals surface area (Å²) in [6, 6.07) is -0.0325. The number of nitrogens with one attached hydrogen (secondary N) is 2. The van der Waals surface area contributed by atoms with Crippen LogP contribution in [0.25, 0.3) is 0 Å². The number of aliphatic carboxylic acids is 1. The van der Waals surface area contributed by atoms with Crippen molar-refractivity contribution >= 4 is 36.0 Å². The summed E-state index contributed by atoms with van der Waals surface area (Å²) in [6.07, 6.45) is 0.111. The van der Waals surface area contributed by atoms with Gasteiger partial charge >= 0.3 is 5.97 Å². The number of nitrogens with zero attached hydrogens (tertiary/aromatic N) is 1. The van der Waals surface area contributed by atoms with Crippen LogP contribution in [0.5, 0.6) is 0 Å². The van der Waals surface area contributed by atoms with Crippen molar-refractivity contribution < 1.29 is 19.8 Å². The fourth-order valence-electron chi connectivity index (χ4n) is 4.31. The Morgan fingerprint density at radius 2 is 2.19 bits per heavy atom. The lowest BCUT2D eigenvalue weighted by Gasteiger charge is -2.46. The lowest BCUT2D eigenvalue weighted by atomic mass is 9.79. The number of carboxylic acid groups (broad SMARTS) is 1. The molecule has 0 aromatic heterocycles. The third-order valence-electron chi connectivity index (χ3n) is 5.59. The summed E-state index contributed by atoms with van der Waals surface area (Å²) < 4.78 is 0. The highest BCUT2D eigenvalue weighted by Gasteiger charge is 2.60. The number of hydrogen-bond acceptors (Lipinski definition) is 6. The van der Waals surface area contributed by atoms with Crippen molar-refractivity contribution in [2.75, 3.05) is 20.1 Å². The minimum atomic E-state index is -1.07. The first-order valence-electron chi connectivity index (χ1n) is 8.98. The zero-order valence-electron chi connectivity index (χ0n) is 15.8. The smallest absolute Gasteiger partial charge is 0.353 e. The van der Waals surface area contributed by atoms with Crippen molar-refractivity contribution in [1.82, 2.24) is 15.5 Å². The number of aliphatic hydroxyl groups is 1. The second kappa shape index (κ2) is 8.53. The van der Waals surface area contributed by atoms with Crippen LogP contribution in [0.3, 0.4) is 0 Å². The molecular formula is C18H28ClN3O4S. The van der Waals surface area contributed by atoms with Crippen molar-refractivity contribution in [3.05, 3.63) is 22.8 Å². The van der Waals surface area contributed by atoms with Gasteiger partial charge < -0.3 is 25.7 Å². The largest absolute Gasteiger partial charge is 0.477 e. The zero-order chi connectivity index (χ0) is 19.2. The summed E-state index contributed by atoms with van der Waals surface area (Å²) in [5.41, 5.74) is 1.20. The molecule has 152 valence electrons. The molecular weight excluding hydrogens is 390 g/mol. The van der Waals surface area contributed by atoms with E-state index in [4.69, 9.17) is 0 Å². The van der Waals surface area contributed by atoms with Crippen molar-refractivity contribution in [2.24, 2.45) is 11.8 Å². The summed E-state index contributed by atoms with van der Waals surface area (Å²) in [4.78, 5) is 26.3. The van der Waals surface area contributed by atoms with E-state index in [1.165, 1.54) is 4.90 Å². The van der Waals surface area contributed by atoms with Gasteiger partial charge in [-0.25, -0.2) is 4.79 Å². The highest BCUT2D eigenvalue weighted by Crippen LogP contribution is 2.51. The van der Waals surface area contributed by atoms with Crippen LogP contribution >= 0.6 is 24.2 Å². The van der Waals surface area contributed by atoms with E-state index in [1.54, 1.807) is 18.7 Å². The van der Waals surface area contributed by atoms with Gasteiger partial charge in [0.25, 0.3) is 0 Å². The lowest BCUT2D eigenvalue weighted by Crippen LogP contribution is -2.63. The predicted octanol–water partition coefficient (Wildman–Crippen LogP) is 0.801. The van der Waals surface area contributed by atoms with Crippen LogP contribution < -0.4 is 10.6 Å². The summed E-state index contributed by atoms with van der Waals surface area (Å²) in [5, 5.41) is 26.4. The minimum Gasteiger partial charge on any atom is -0.477 e. The Morgan fingerprint density at radius 1 is 1.52 bits per heavy atom. The molecule has 3 aliphatic rings. The number of fused-ring (bicyclic) bond motifs is 1. The summed E-state index contributed by atoms with van der Waals surface area (Å²) in [6.45, 7) is 9.18. The fraction of sp³-hybridized carbons (Fsp3) is 0.667. The van der Waals surface area contributed by atoms with Gasteiger partial charge in [0.15, 0.2) is 0 Å². The van der Waals surface area contributed by atoms with E-state index in [0.29, 0.717) is 0 Å². The highest BCUT2D eigenvalue weighted by atomic mass is 35.5. The van der Waals surface area contributed by atoms with Gasteiger partial charge in [0, 0.05) is 35.2 Å². The topological polar surface area (TPSA) is 102 Å². The maximum absolute atomic E-state index is 12.4. The molecule has 0 aliphatic carbocycles. The second-order valence-corrected chi connectivity index (χ2v) is 8.74. The Labute approximate surface area is 170 Å². The van der Waals surface area contributed by atoms with Crippen LogP contribution in [0, 0.1) is 11.8 Å². The number of carbonyl (C=O) groups is 2. The first-order chi connectivity index (χ1) is 12.3. The molecule has 9 heteroatoms. The quantitative estimate of drug-likeness (QED) is 0.359. The lowest BCUT2D eigenvalue weighted by molar-refractivity contribution is -0.163. The molecule has 2 fully saturated rings. The normalized spacial score (nSPS) is 33.4. The number of likely N-dealkylation sites (N-methyl/N-ethyl adjacent to an activating group) is 1. The average Bonchev–Trinajstić information content (AvgIpc) is 3.11. The van der Waals surface area contributed by atoms with Crippen LogP contribution in [0.15, 0.2) is 22.8 Å². The number of hydrogen-bond donors (Lipinski definition) is 4. The van der Waals surface area contributed by atoms with Crippen LogP contribution in [-0.2, 0) is 9.59 Å². The zero-order valence-corrected chi connectivity index (χ0v) is 17.4. The third kappa shape index (κ3) is 3.78. The van der Waals surface area contributed by atoms with Gasteiger partial charge in [0.2, 0.25) is 5.91 Å². The van der Waals surface area contributed by atoms with Gasteiger partial charge in [-0.15, -0.1) is 24.2 Å². The summed E-state index contributed by atoms with van der Waals surface area (Å²) >= 11 is 1.56. The van der Waals surface area contributed by atoms with Gasteiger partial charge in [-0.05, 0) is 26.0 Å². The van der Waals surface area contributed by atoms with Crippen LogP contribution in [0.4, 0.5) is 0 Å². The second-order valence-electron chi connectivity index (χ2n) is 7.40. The monoisotopic (exact) mass is 417 g/mol. The number of carboxylic acids is 1. The molecule has 0 spiro atoms. The van der Waals surface area contributed by atoms with E-state index in [2.05, 4.69) is 17.2 Å². The SMILES string of the molecule is C=C(CNC)[C@@H]1C[C@H](SC2=C(C(=O)O)N3C(=O)[C@H]([C@@H](C)O)[C@H]3[C@H]2C)CN1.Cl. The molecule has 2 saturated heterocycles. The van der Waals surface area contributed by atoms with Crippen molar-refractivity contribution in [1.29, 1.82) is 0 Å². The Kier molecular flexibility index (Phi) is 7.02. The molecule has 3 heterocycles. The molecule has 3 aliphatic heterocycles. The third-order valence-corrected chi connectivity index (χ3v) is 7.10. The summed E-state index contributed by atoms with van der Waals surface area (Å²) in [5.74, 6) is -1.94. The molecule has 0 bridgehead atoms. The molecule has 0 saturated carbocycles. The molecule has 6 atom stereocenters. The van der Waals surface area contributed by atoms with Crippen molar-refractivity contribution in [2.45, 2.75) is 43.7 Å².